The molecule has 0 aliphatic rings. The Morgan fingerprint density at radius 3 is 2.88 bits per heavy atom. The molecule has 1 heterocycles. The molecule has 16 heavy (non-hydrogen) atoms. The Morgan fingerprint density at radius 2 is 2.25 bits per heavy atom. The zero-order chi connectivity index (χ0) is 11.7. The zero-order valence-corrected chi connectivity index (χ0v) is 9.71. The van der Waals surface area contributed by atoms with E-state index < -0.39 is 0 Å². The quantitative estimate of drug-likeness (QED) is 0.817. The molecule has 1 aromatic heterocycles. The monoisotopic (exact) mass is 238 g/mol. The van der Waals surface area contributed by atoms with Crippen molar-refractivity contribution in [1.82, 2.24) is 9.97 Å². The number of hydrogen-bond donors (Lipinski definition) is 1. The van der Waals surface area contributed by atoms with E-state index in [1.807, 2.05) is 0 Å². The van der Waals surface area contributed by atoms with E-state index in [4.69, 9.17) is 16.3 Å². The lowest BCUT2D eigenvalue weighted by Crippen LogP contribution is -2.12. The first-order chi connectivity index (χ1) is 7.61. The van der Waals surface area contributed by atoms with E-state index in [0.717, 1.165) is 0 Å². The van der Waals surface area contributed by atoms with Gasteiger partial charge in [-0.3, -0.25) is 4.79 Å². The number of methoxy groups -OCH3 is 1. The molecule has 2 aromatic rings. The molecule has 1 unspecified atom stereocenters. The van der Waals surface area contributed by atoms with Crippen molar-refractivity contribution in [3.05, 3.63) is 34.4 Å². The Labute approximate surface area is 97.2 Å². The zero-order valence-electron chi connectivity index (χ0n) is 8.95. The molecule has 0 radical (unpaired) electrons. The average Bonchev–Trinajstić information content (AvgIpc) is 2.28. The van der Waals surface area contributed by atoms with Crippen molar-refractivity contribution in [2.75, 3.05) is 7.11 Å². The lowest BCUT2D eigenvalue weighted by atomic mass is 10.2. The van der Waals surface area contributed by atoms with Crippen LogP contribution >= 0.6 is 11.6 Å². The molecule has 4 nitrogen and oxygen atoms in total. The van der Waals surface area contributed by atoms with Gasteiger partial charge in [0.25, 0.3) is 5.56 Å². The van der Waals surface area contributed by atoms with Crippen LogP contribution in [0.5, 0.6) is 5.75 Å². The standard InChI is InChI=1S/C11H11ClN2O2/c1-6(12)10-13-9-4-3-7(16-2)5-8(9)11(15)14-10/h3-6H,1-2H3,(H,13,14,15). The fourth-order valence-electron chi connectivity index (χ4n) is 1.45. The van der Waals surface area contributed by atoms with Crippen LogP contribution in [0.1, 0.15) is 18.1 Å². The molecule has 2 rings (SSSR count). The highest BCUT2D eigenvalue weighted by Gasteiger charge is 2.08. The molecule has 0 saturated heterocycles. The molecular weight excluding hydrogens is 228 g/mol. The van der Waals surface area contributed by atoms with Gasteiger partial charge in [0.15, 0.2) is 0 Å². The first kappa shape index (κ1) is 11.0. The van der Waals surface area contributed by atoms with Gasteiger partial charge in [-0.1, -0.05) is 0 Å². The molecule has 5 heteroatoms. The maximum atomic E-state index is 11.8. The molecule has 0 bridgehead atoms. The molecule has 0 aliphatic heterocycles. The minimum atomic E-state index is -0.320. The van der Waals surface area contributed by atoms with Crippen LogP contribution in [-0.2, 0) is 0 Å². The highest BCUT2D eigenvalue weighted by Crippen LogP contribution is 2.19. The Hall–Kier alpha value is -1.55. The van der Waals surface area contributed by atoms with E-state index in [0.29, 0.717) is 22.5 Å². The summed E-state index contributed by atoms with van der Waals surface area (Å²) in [7, 11) is 1.55. The second-order valence-corrected chi connectivity index (χ2v) is 4.10. The predicted octanol–water partition coefficient (Wildman–Crippen LogP) is 2.23. The van der Waals surface area contributed by atoms with E-state index in [2.05, 4.69) is 9.97 Å². The van der Waals surface area contributed by atoms with Gasteiger partial charge in [-0.05, 0) is 25.1 Å². The SMILES string of the molecule is COc1ccc2nc(C(C)Cl)[nH]c(=O)c2c1. The maximum absolute atomic E-state index is 11.8. The third-order valence-corrected chi connectivity index (χ3v) is 2.51. The molecular formula is C11H11ClN2O2. The third-order valence-electron chi connectivity index (χ3n) is 2.31. The highest BCUT2D eigenvalue weighted by molar-refractivity contribution is 6.20. The van der Waals surface area contributed by atoms with Crippen LogP contribution in [-0.4, -0.2) is 17.1 Å². The molecule has 1 N–H and O–H groups in total. The maximum Gasteiger partial charge on any atom is 0.258 e. The summed E-state index contributed by atoms with van der Waals surface area (Å²) in [6.45, 7) is 1.76. The Balaban J connectivity index is 2.71. The average molecular weight is 239 g/mol. The van der Waals surface area contributed by atoms with Crippen molar-refractivity contribution in [1.29, 1.82) is 0 Å². The molecule has 0 spiro atoms. The Bertz CT molecular complexity index is 578. The number of alkyl halides is 1. The highest BCUT2D eigenvalue weighted by atomic mass is 35.5. The number of rotatable bonds is 2. The molecule has 0 amide bonds. The summed E-state index contributed by atoms with van der Waals surface area (Å²) < 4.78 is 5.05. The number of aromatic amines is 1. The van der Waals surface area contributed by atoms with Crippen molar-refractivity contribution in [3.63, 3.8) is 0 Å². The molecule has 1 atom stereocenters. The third kappa shape index (κ3) is 1.88. The van der Waals surface area contributed by atoms with Gasteiger partial charge in [-0.15, -0.1) is 11.6 Å². The van der Waals surface area contributed by atoms with Gasteiger partial charge in [0, 0.05) is 0 Å². The topological polar surface area (TPSA) is 55.0 Å². The Morgan fingerprint density at radius 1 is 1.50 bits per heavy atom. The second kappa shape index (κ2) is 4.14. The summed E-state index contributed by atoms with van der Waals surface area (Å²) >= 11 is 5.88. The second-order valence-electron chi connectivity index (χ2n) is 3.45. The van der Waals surface area contributed by atoms with Crippen molar-refractivity contribution < 1.29 is 4.74 Å². The van der Waals surface area contributed by atoms with E-state index in [9.17, 15) is 4.79 Å². The van der Waals surface area contributed by atoms with Gasteiger partial charge in [0.05, 0.1) is 23.4 Å². The minimum Gasteiger partial charge on any atom is -0.497 e. The van der Waals surface area contributed by atoms with Crippen molar-refractivity contribution in [2.24, 2.45) is 0 Å². The number of nitrogens with one attached hydrogen (secondary N) is 1. The largest absolute Gasteiger partial charge is 0.497 e. The summed E-state index contributed by atoms with van der Waals surface area (Å²) in [5, 5.41) is 0.180. The van der Waals surface area contributed by atoms with E-state index >= 15 is 0 Å². The summed E-state index contributed by atoms with van der Waals surface area (Å²) in [6.07, 6.45) is 0. The predicted molar refractivity (Wildman–Crippen MR) is 63.2 cm³/mol. The normalized spacial score (nSPS) is 12.7. The summed E-state index contributed by atoms with van der Waals surface area (Å²) in [5.74, 6) is 1.11. The van der Waals surface area contributed by atoms with Crippen molar-refractivity contribution >= 4 is 22.5 Å². The van der Waals surface area contributed by atoms with Gasteiger partial charge < -0.3 is 9.72 Å². The number of ether oxygens (including phenoxy) is 1. The van der Waals surface area contributed by atoms with Crippen LogP contribution in [0.15, 0.2) is 23.0 Å². The molecule has 0 aliphatic carbocycles. The van der Waals surface area contributed by atoms with E-state index in [-0.39, 0.29) is 10.9 Å². The number of H-pyrrole nitrogens is 1. The first-order valence-corrected chi connectivity index (χ1v) is 5.27. The van der Waals surface area contributed by atoms with Crippen molar-refractivity contribution in [2.45, 2.75) is 12.3 Å². The Kier molecular flexibility index (Phi) is 2.83. The molecule has 0 fully saturated rings. The fourth-order valence-corrected chi connectivity index (χ4v) is 1.55. The minimum absolute atomic E-state index is 0.202. The number of halogens is 1. The number of nitrogens with zero attached hydrogens (tertiary/aromatic N) is 1. The molecule has 1 aromatic carbocycles. The van der Waals surface area contributed by atoms with Crippen LogP contribution in [0, 0.1) is 0 Å². The smallest absolute Gasteiger partial charge is 0.258 e. The fraction of sp³-hybridized carbons (Fsp3) is 0.273. The van der Waals surface area contributed by atoms with Crippen LogP contribution in [0.3, 0.4) is 0 Å². The van der Waals surface area contributed by atoms with E-state index in [1.165, 1.54) is 0 Å². The lowest BCUT2D eigenvalue weighted by Gasteiger charge is -2.05. The number of aromatic nitrogens is 2. The number of hydrogen-bond acceptors (Lipinski definition) is 3. The number of benzene rings is 1. The first-order valence-electron chi connectivity index (χ1n) is 4.84. The summed E-state index contributed by atoms with van der Waals surface area (Å²) in [4.78, 5) is 18.7. The van der Waals surface area contributed by atoms with Gasteiger partial charge in [-0.2, -0.15) is 0 Å². The van der Waals surface area contributed by atoms with Crippen LogP contribution < -0.4 is 10.3 Å². The van der Waals surface area contributed by atoms with Gasteiger partial charge in [-0.25, -0.2) is 4.98 Å². The molecule has 0 saturated carbocycles. The van der Waals surface area contributed by atoms with Crippen LogP contribution in [0.25, 0.3) is 10.9 Å². The van der Waals surface area contributed by atoms with Crippen LogP contribution in [0.2, 0.25) is 0 Å². The van der Waals surface area contributed by atoms with Gasteiger partial charge in [0.1, 0.15) is 11.6 Å². The van der Waals surface area contributed by atoms with Gasteiger partial charge >= 0.3 is 0 Å². The lowest BCUT2D eigenvalue weighted by molar-refractivity contribution is 0.415. The summed E-state index contributed by atoms with van der Waals surface area (Å²) in [6, 6.07) is 5.16. The molecule has 84 valence electrons. The van der Waals surface area contributed by atoms with Gasteiger partial charge in [0.2, 0.25) is 0 Å². The number of fused-ring (bicyclic) bond motifs is 1. The van der Waals surface area contributed by atoms with E-state index in [1.54, 1.807) is 32.2 Å². The summed E-state index contributed by atoms with van der Waals surface area (Å²) in [5.41, 5.74) is 0.415. The van der Waals surface area contributed by atoms with Crippen LogP contribution in [0.4, 0.5) is 0 Å². The van der Waals surface area contributed by atoms with Crippen molar-refractivity contribution in [3.8, 4) is 5.75 Å².